The second kappa shape index (κ2) is 53.7. The predicted octanol–water partition coefficient (Wildman–Crippen LogP) is 16.5. The number of rotatable bonds is 51. The molecule has 3 unspecified atom stereocenters. The number of carbonyl (C=O) groups is 3. The Morgan fingerprint density at radius 2 is 0.722 bits per heavy atom. The van der Waals surface area contributed by atoms with Gasteiger partial charge in [-0.1, -0.05) is 195 Å². The predicted molar refractivity (Wildman–Crippen MR) is 297 cm³/mol. The zero-order valence-corrected chi connectivity index (χ0v) is 46.3. The molecule has 72 heavy (non-hydrogen) atoms. The number of unbranched alkanes of at least 4 members (excludes halogenated alkanes) is 18. The van der Waals surface area contributed by atoms with Crippen molar-refractivity contribution in [3.8, 4) is 0 Å². The summed E-state index contributed by atoms with van der Waals surface area (Å²) in [5.41, 5.74) is 0. The van der Waals surface area contributed by atoms with E-state index in [1.54, 1.807) is 0 Å². The van der Waals surface area contributed by atoms with Crippen LogP contribution in [0.1, 0.15) is 226 Å². The number of phosphoric ester groups is 1. The number of aliphatic hydroxyl groups is 1. The summed E-state index contributed by atoms with van der Waals surface area (Å²) in [5, 5.41) is 9.81. The Balaban J connectivity index is 4.77. The fourth-order valence-electron chi connectivity index (χ4n) is 7.25. The lowest BCUT2D eigenvalue weighted by Crippen LogP contribution is -2.30. The summed E-state index contributed by atoms with van der Waals surface area (Å²) in [4.78, 5) is 48.5. The SMILES string of the molecule is CC/C=C\C/C=C\C/C=C\CCCCCCCCCC(=O)OC(COC(=O)CCCCCCC/C=C\C/C=C\CCC)COP(=O)(O)OCC(CO)OC(=O)CCCCCCC/C=C\C/C=C\C/C=C\CC. The van der Waals surface area contributed by atoms with Gasteiger partial charge in [-0.05, 0) is 109 Å². The van der Waals surface area contributed by atoms with Gasteiger partial charge in [0.05, 0.1) is 19.8 Å². The minimum atomic E-state index is -4.76. The molecule has 0 aliphatic rings. The van der Waals surface area contributed by atoms with E-state index in [1.807, 2.05) is 0 Å². The molecule has 0 aliphatic heterocycles. The molecule has 11 nitrogen and oxygen atoms in total. The molecule has 12 heteroatoms. The van der Waals surface area contributed by atoms with E-state index in [-0.39, 0.29) is 25.9 Å². The average Bonchev–Trinajstić information content (AvgIpc) is 3.37. The van der Waals surface area contributed by atoms with Crippen LogP contribution in [0, 0.1) is 0 Å². The number of aliphatic hydroxyl groups excluding tert-OH is 1. The van der Waals surface area contributed by atoms with E-state index >= 15 is 0 Å². The molecular formula is C60H101O11P. The Morgan fingerprint density at radius 3 is 1.11 bits per heavy atom. The third-order valence-corrected chi connectivity index (χ3v) is 12.4. The summed E-state index contributed by atoms with van der Waals surface area (Å²) >= 11 is 0. The third-order valence-electron chi connectivity index (χ3n) is 11.5. The Bertz CT molecular complexity index is 1580. The Kier molecular flexibility index (Phi) is 51.0. The summed E-state index contributed by atoms with van der Waals surface area (Å²) in [6, 6.07) is 0. The summed E-state index contributed by atoms with van der Waals surface area (Å²) in [5.74, 6) is -1.52. The largest absolute Gasteiger partial charge is 0.472 e. The van der Waals surface area contributed by atoms with Crippen molar-refractivity contribution in [2.75, 3.05) is 26.4 Å². The minimum absolute atomic E-state index is 0.148. The van der Waals surface area contributed by atoms with Crippen molar-refractivity contribution in [2.24, 2.45) is 0 Å². The first-order chi connectivity index (χ1) is 35.2. The Labute approximate surface area is 438 Å². The van der Waals surface area contributed by atoms with Crippen LogP contribution in [0.3, 0.4) is 0 Å². The van der Waals surface area contributed by atoms with Gasteiger partial charge in [0.25, 0.3) is 0 Å². The molecule has 0 fully saturated rings. The quantitative estimate of drug-likeness (QED) is 0.0197. The fourth-order valence-corrected chi connectivity index (χ4v) is 8.03. The second-order valence-corrected chi connectivity index (χ2v) is 19.8. The van der Waals surface area contributed by atoms with Gasteiger partial charge in [-0.15, -0.1) is 0 Å². The molecule has 0 heterocycles. The molecule has 0 aromatic rings. The molecule has 0 amide bonds. The summed E-state index contributed by atoms with van der Waals surface area (Å²) < 4.78 is 39.5. The molecule has 0 saturated heterocycles. The van der Waals surface area contributed by atoms with Crippen LogP contribution in [-0.2, 0) is 42.2 Å². The Hall–Kier alpha value is -3.60. The van der Waals surface area contributed by atoms with Gasteiger partial charge in [0.1, 0.15) is 12.7 Å². The molecular weight excluding hydrogens is 928 g/mol. The molecule has 0 radical (unpaired) electrons. The number of phosphoric acid groups is 1. The number of ether oxygens (including phenoxy) is 3. The third kappa shape index (κ3) is 51.3. The first-order valence-corrected chi connectivity index (χ1v) is 29.6. The summed E-state index contributed by atoms with van der Waals surface area (Å²) in [6.07, 6.45) is 62.2. The monoisotopic (exact) mass is 1030 g/mol. The molecule has 0 rings (SSSR count). The van der Waals surface area contributed by atoms with E-state index in [2.05, 4.69) is 118 Å². The maximum Gasteiger partial charge on any atom is 0.472 e. The van der Waals surface area contributed by atoms with Crippen LogP contribution in [0.5, 0.6) is 0 Å². The highest BCUT2D eigenvalue weighted by atomic mass is 31.2. The van der Waals surface area contributed by atoms with E-state index in [1.165, 1.54) is 12.8 Å². The van der Waals surface area contributed by atoms with Crippen LogP contribution in [0.4, 0.5) is 0 Å². The number of allylic oxidation sites excluding steroid dienone is 16. The standard InChI is InChI=1S/C60H101O11P/c1-4-7-10-13-16-19-22-25-27-28-30-33-36-39-42-45-48-51-60(64)71-57(53-67-58(62)49-46-43-40-37-34-31-24-21-18-15-12-9-6-3)55-69-72(65,66)68-54-56(52-61)70-59(63)50-47-44-41-38-35-32-29-26-23-20-17-14-11-8-5-2/h7-8,10-12,15-17,19-21,24-27,29,56-57,61H,4-6,9,13-14,18,22-23,28,30-55H2,1-3H3,(H,65,66)/b10-7-,11-8-,15-12-,19-16-,20-17-,24-21-,27-25-,29-26-. The van der Waals surface area contributed by atoms with E-state index in [4.69, 9.17) is 23.3 Å². The second-order valence-electron chi connectivity index (χ2n) is 18.3. The van der Waals surface area contributed by atoms with E-state index in [9.17, 15) is 28.9 Å². The van der Waals surface area contributed by atoms with Crippen LogP contribution < -0.4 is 0 Å². The molecule has 0 bridgehead atoms. The molecule has 0 spiro atoms. The highest BCUT2D eigenvalue weighted by Gasteiger charge is 2.28. The zero-order valence-electron chi connectivity index (χ0n) is 45.4. The van der Waals surface area contributed by atoms with Crippen LogP contribution in [0.25, 0.3) is 0 Å². The normalized spacial score (nSPS) is 14.1. The van der Waals surface area contributed by atoms with Crippen LogP contribution in [0.15, 0.2) is 97.2 Å². The van der Waals surface area contributed by atoms with Gasteiger partial charge < -0.3 is 24.2 Å². The molecule has 0 aliphatic carbocycles. The minimum Gasteiger partial charge on any atom is -0.462 e. The lowest BCUT2D eigenvalue weighted by atomic mass is 10.1. The topological polar surface area (TPSA) is 155 Å². The van der Waals surface area contributed by atoms with Crippen molar-refractivity contribution < 1.29 is 52.2 Å². The Morgan fingerprint density at radius 1 is 0.403 bits per heavy atom. The maximum absolute atomic E-state index is 12.9. The first-order valence-electron chi connectivity index (χ1n) is 28.1. The molecule has 0 saturated carbocycles. The van der Waals surface area contributed by atoms with Gasteiger partial charge in [-0.25, -0.2) is 4.57 Å². The van der Waals surface area contributed by atoms with Gasteiger partial charge in [-0.3, -0.25) is 23.4 Å². The smallest absolute Gasteiger partial charge is 0.462 e. The molecule has 0 aromatic carbocycles. The van der Waals surface area contributed by atoms with Gasteiger partial charge in [0, 0.05) is 19.3 Å². The van der Waals surface area contributed by atoms with Crippen molar-refractivity contribution in [1.29, 1.82) is 0 Å². The lowest BCUT2D eigenvalue weighted by molar-refractivity contribution is -0.161. The van der Waals surface area contributed by atoms with Crippen LogP contribution in [0.2, 0.25) is 0 Å². The first kappa shape index (κ1) is 68.4. The molecule has 3 atom stereocenters. The number of hydrogen-bond acceptors (Lipinski definition) is 10. The fraction of sp³-hybridized carbons (Fsp3) is 0.683. The lowest BCUT2D eigenvalue weighted by Gasteiger charge is -2.21. The van der Waals surface area contributed by atoms with E-state index in [0.717, 1.165) is 154 Å². The summed E-state index contributed by atoms with van der Waals surface area (Å²) in [6.45, 7) is 4.30. The number of esters is 3. The van der Waals surface area contributed by atoms with Gasteiger partial charge in [0.2, 0.25) is 0 Å². The van der Waals surface area contributed by atoms with Crippen molar-refractivity contribution in [3.63, 3.8) is 0 Å². The number of carbonyl (C=O) groups excluding carboxylic acids is 3. The van der Waals surface area contributed by atoms with Crippen molar-refractivity contribution in [2.45, 2.75) is 238 Å². The van der Waals surface area contributed by atoms with Crippen LogP contribution in [-0.4, -0.2) is 66.5 Å². The molecule has 2 N–H and O–H groups in total. The van der Waals surface area contributed by atoms with Gasteiger partial charge in [-0.2, -0.15) is 0 Å². The van der Waals surface area contributed by atoms with Crippen molar-refractivity contribution in [1.82, 2.24) is 0 Å². The summed E-state index contributed by atoms with van der Waals surface area (Å²) in [7, 11) is -4.76. The van der Waals surface area contributed by atoms with Crippen molar-refractivity contribution in [3.05, 3.63) is 97.2 Å². The average molecular weight is 1030 g/mol. The van der Waals surface area contributed by atoms with E-state index in [0.29, 0.717) is 19.3 Å². The van der Waals surface area contributed by atoms with E-state index < -0.39 is 57.8 Å². The highest BCUT2D eigenvalue weighted by Crippen LogP contribution is 2.43. The number of hydrogen-bond donors (Lipinski definition) is 2. The molecule has 412 valence electrons. The van der Waals surface area contributed by atoms with Crippen LogP contribution >= 0.6 is 7.82 Å². The van der Waals surface area contributed by atoms with Gasteiger partial charge >= 0.3 is 25.7 Å². The zero-order chi connectivity index (χ0) is 52.7. The van der Waals surface area contributed by atoms with Gasteiger partial charge in [0.15, 0.2) is 6.10 Å². The highest BCUT2D eigenvalue weighted by molar-refractivity contribution is 7.47. The van der Waals surface area contributed by atoms with Crippen molar-refractivity contribution >= 4 is 25.7 Å². The molecule has 0 aromatic heterocycles. The maximum atomic E-state index is 12.9.